The first-order valence-electron chi connectivity index (χ1n) is 10.8. The molecule has 0 bridgehead atoms. The van der Waals surface area contributed by atoms with Crippen LogP contribution in [0.1, 0.15) is 74.8 Å². The van der Waals surface area contributed by atoms with Crippen molar-refractivity contribution in [1.82, 2.24) is 9.80 Å². The summed E-state index contributed by atoms with van der Waals surface area (Å²) in [5.74, 6) is 1.76. The molecular weight excluding hydrogens is 304 g/mol. The fourth-order valence-electron chi connectivity index (χ4n) is 5.33. The van der Waals surface area contributed by atoms with Crippen molar-refractivity contribution in [3.8, 4) is 0 Å². The summed E-state index contributed by atoms with van der Waals surface area (Å²) < 4.78 is 0. The highest BCUT2D eigenvalue weighted by Gasteiger charge is 2.32. The topological polar surface area (TPSA) is 6.48 Å². The average Bonchev–Trinajstić information content (AvgIpc) is 3.12. The summed E-state index contributed by atoms with van der Waals surface area (Å²) in [6.45, 7) is 5.06. The van der Waals surface area contributed by atoms with Gasteiger partial charge in [-0.05, 0) is 81.6 Å². The van der Waals surface area contributed by atoms with Crippen molar-refractivity contribution in [2.45, 2.75) is 76.3 Å². The first-order valence-corrected chi connectivity index (χ1v) is 10.8. The first kappa shape index (κ1) is 17.5. The van der Waals surface area contributed by atoms with Crippen LogP contribution in [0.3, 0.4) is 0 Å². The van der Waals surface area contributed by atoms with Gasteiger partial charge in [0.05, 0.1) is 0 Å². The Labute approximate surface area is 154 Å². The van der Waals surface area contributed by atoms with Crippen LogP contribution in [0, 0.1) is 5.92 Å². The molecule has 2 heteroatoms. The molecule has 0 N–H and O–H groups in total. The molecule has 1 heterocycles. The number of nitrogens with zero attached hydrogens (tertiary/aromatic N) is 2. The first-order chi connectivity index (χ1) is 12.3. The Morgan fingerprint density at radius 1 is 0.920 bits per heavy atom. The van der Waals surface area contributed by atoms with Crippen molar-refractivity contribution in [2.75, 3.05) is 26.7 Å². The van der Waals surface area contributed by atoms with E-state index in [9.17, 15) is 0 Å². The van der Waals surface area contributed by atoms with Gasteiger partial charge in [0.15, 0.2) is 0 Å². The molecule has 0 atom stereocenters. The second-order valence-corrected chi connectivity index (χ2v) is 8.99. The molecule has 1 aliphatic heterocycles. The Balaban J connectivity index is 1.21. The van der Waals surface area contributed by atoms with E-state index < -0.39 is 0 Å². The van der Waals surface area contributed by atoms with Crippen molar-refractivity contribution in [2.24, 2.45) is 5.92 Å². The highest BCUT2D eigenvalue weighted by Crippen LogP contribution is 2.42. The van der Waals surface area contributed by atoms with Gasteiger partial charge in [0.1, 0.15) is 0 Å². The lowest BCUT2D eigenvalue weighted by Gasteiger charge is -2.41. The van der Waals surface area contributed by atoms with E-state index in [4.69, 9.17) is 0 Å². The van der Waals surface area contributed by atoms with Crippen LogP contribution in [-0.2, 0) is 6.54 Å². The summed E-state index contributed by atoms with van der Waals surface area (Å²) in [6, 6.07) is 10.5. The van der Waals surface area contributed by atoms with E-state index in [1.807, 2.05) is 0 Å². The summed E-state index contributed by atoms with van der Waals surface area (Å²) in [4.78, 5) is 5.27. The Kier molecular flexibility index (Phi) is 5.77. The molecule has 0 aromatic heterocycles. The van der Waals surface area contributed by atoms with Gasteiger partial charge in [-0.15, -0.1) is 0 Å². The number of rotatable bonds is 6. The van der Waals surface area contributed by atoms with Gasteiger partial charge in [-0.1, -0.05) is 43.5 Å². The van der Waals surface area contributed by atoms with Crippen LogP contribution >= 0.6 is 0 Å². The van der Waals surface area contributed by atoms with Crippen molar-refractivity contribution < 1.29 is 0 Å². The second-order valence-electron chi connectivity index (χ2n) is 8.99. The van der Waals surface area contributed by atoms with Crippen molar-refractivity contribution in [3.63, 3.8) is 0 Å². The summed E-state index contributed by atoms with van der Waals surface area (Å²) >= 11 is 0. The maximum Gasteiger partial charge on any atom is 0.0233 e. The smallest absolute Gasteiger partial charge is 0.0233 e. The minimum absolute atomic E-state index is 0.825. The molecule has 0 radical (unpaired) electrons. The Morgan fingerprint density at radius 2 is 1.60 bits per heavy atom. The zero-order valence-corrected chi connectivity index (χ0v) is 16.1. The van der Waals surface area contributed by atoms with Crippen LogP contribution in [0.25, 0.3) is 0 Å². The highest BCUT2D eigenvalue weighted by molar-refractivity contribution is 5.27. The van der Waals surface area contributed by atoms with Gasteiger partial charge in [-0.25, -0.2) is 0 Å². The van der Waals surface area contributed by atoms with Gasteiger partial charge in [0, 0.05) is 19.1 Å². The summed E-state index contributed by atoms with van der Waals surface area (Å²) in [5.41, 5.74) is 3.08. The Bertz CT molecular complexity index is 520. The lowest BCUT2D eigenvalue weighted by atomic mass is 9.71. The van der Waals surface area contributed by atoms with Gasteiger partial charge < -0.3 is 4.90 Å². The monoisotopic (exact) mass is 340 g/mol. The molecule has 0 unspecified atom stereocenters. The van der Waals surface area contributed by atoms with Crippen LogP contribution in [0.5, 0.6) is 0 Å². The van der Waals surface area contributed by atoms with E-state index in [0.29, 0.717) is 0 Å². The molecule has 0 amide bonds. The summed E-state index contributed by atoms with van der Waals surface area (Å²) in [5, 5.41) is 0. The fourth-order valence-corrected chi connectivity index (χ4v) is 5.33. The summed E-state index contributed by atoms with van der Waals surface area (Å²) in [7, 11) is 2.37. The maximum absolute atomic E-state index is 2.68. The van der Waals surface area contributed by atoms with Gasteiger partial charge in [-0.2, -0.15) is 0 Å². The molecular formula is C23H36N2. The number of benzene rings is 1. The molecule has 2 aliphatic carbocycles. The second kappa shape index (κ2) is 8.22. The third-order valence-electron chi connectivity index (χ3n) is 7.04. The van der Waals surface area contributed by atoms with E-state index in [1.165, 1.54) is 83.0 Å². The molecule has 138 valence electrons. The standard InChI is InChI=1S/C23H36N2/c1-24(23-7-3-2-4-8-23)17-20-15-22(16-20)21-11-9-19(10-12-21)18-25-13-5-6-14-25/h9-12,20,22-23H,2-8,13-18H2,1H3. The SMILES string of the molecule is CN(CC1CC(c2ccc(CN3CCCC3)cc2)C1)C1CCCCC1. The lowest BCUT2D eigenvalue weighted by molar-refractivity contribution is 0.124. The van der Waals surface area contributed by atoms with E-state index in [0.717, 1.165) is 24.4 Å². The predicted octanol–water partition coefficient (Wildman–Crippen LogP) is 5.04. The largest absolute Gasteiger partial charge is 0.303 e. The predicted molar refractivity (Wildman–Crippen MR) is 106 cm³/mol. The minimum Gasteiger partial charge on any atom is -0.303 e. The van der Waals surface area contributed by atoms with Gasteiger partial charge >= 0.3 is 0 Å². The van der Waals surface area contributed by atoms with Crippen molar-refractivity contribution in [3.05, 3.63) is 35.4 Å². The molecule has 0 spiro atoms. The van der Waals surface area contributed by atoms with Crippen LogP contribution in [0.4, 0.5) is 0 Å². The van der Waals surface area contributed by atoms with Crippen LogP contribution < -0.4 is 0 Å². The average molecular weight is 341 g/mol. The number of likely N-dealkylation sites (tertiary alicyclic amines) is 1. The zero-order valence-electron chi connectivity index (χ0n) is 16.1. The van der Waals surface area contributed by atoms with E-state index >= 15 is 0 Å². The molecule has 2 nitrogen and oxygen atoms in total. The molecule has 25 heavy (non-hydrogen) atoms. The van der Waals surface area contributed by atoms with Gasteiger partial charge in [0.25, 0.3) is 0 Å². The van der Waals surface area contributed by atoms with E-state index in [2.05, 4.69) is 41.1 Å². The van der Waals surface area contributed by atoms with Crippen LogP contribution in [0.15, 0.2) is 24.3 Å². The third kappa shape index (κ3) is 4.46. The molecule has 3 aliphatic rings. The van der Waals surface area contributed by atoms with Crippen LogP contribution in [0.2, 0.25) is 0 Å². The quantitative estimate of drug-likeness (QED) is 0.716. The third-order valence-corrected chi connectivity index (χ3v) is 7.04. The van der Waals surface area contributed by atoms with Gasteiger partial charge in [0.2, 0.25) is 0 Å². The summed E-state index contributed by atoms with van der Waals surface area (Å²) in [6.07, 6.45) is 12.8. The Hall–Kier alpha value is -0.860. The number of hydrogen-bond acceptors (Lipinski definition) is 2. The molecule has 1 aromatic carbocycles. The van der Waals surface area contributed by atoms with Crippen molar-refractivity contribution in [1.29, 1.82) is 0 Å². The molecule has 4 rings (SSSR count). The zero-order chi connectivity index (χ0) is 17.1. The molecule has 1 saturated heterocycles. The Morgan fingerprint density at radius 3 is 2.28 bits per heavy atom. The lowest BCUT2D eigenvalue weighted by Crippen LogP contribution is -2.40. The minimum atomic E-state index is 0.825. The van der Waals surface area contributed by atoms with E-state index in [-0.39, 0.29) is 0 Å². The fraction of sp³-hybridized carbons (Fsp3) is 0.739. The number of hydrogen-bond donors (Lipinski definition) is 0. The highest BCUT2D eigenvalue weighted by atomic mass is 15.1. The van der Waals surface area contributed by atoms with Crippen LogP contribution in [-0.4, -0.2) is 42.5 Å². The molecule has 2 saturated carbocycles. The van der Waals surface area contributed by atoms with Crippen molar-refractivity contribution >= 4 is 0 Å². The van der Waals surface area contributed by atoms with E-state index in [1.54, 1.807) is 5.56 Å². The van der Waals surface area contributed by atoms with Gasteiger partial charge in [-0.3, -0.25) is 4.90 Å². The normalized spacial score (nSPS) is 28.4. The maximum atomic E-state index is 2.68. The molecule has 1 aromatic rings. The molecule has 3 fully saturated rings.